The summed E-state index contributed by atoms with van der Waals surface area (Å²) in [5, 5.41) is 5.80. The lowest BCUT2D eigenvalue weighted by atomic mass is 10.6. The van der Waals surface area contributed by atoms with Gasteiger partial charge >= 0.3 is 0 Å². The van der Waals surface area contributed by atoms with Crippen LogP contribution in [0, 0.1) is 0 Å². The second-order valence-electron chi connectivity index (χ2n) is 1.81. The number of nitrogens with zero attached hydrogens (tertiary/aromatic N) is 3. The van der Waals surface area contributed by atoms with E-state index >= 15 is 0 Å². The summed E-state index contributed by atoms with van der Waals surface area (Å²) in [6, 6.07) is 0. The minimum atomic E-state index is 0.366. The molecule has 62 valence electrons. The largest absolute Gasteiger partial charge is 0.260 e. The molecule has 0 atom stereocenters. The number of aliphatic imine (C=N–C) groups is 1. The maximum absolute atomic E-state index is 5.63. The molecule has 0 bridgehead atoms. The molecule has 0 radical (unpaired) electrons. The Morgan fingerprint density at radius 1 is 1.55 bits per heavy atom. The molecule has 3 nitrogen and oxygen atoms in total. The Bertz CT molecular complexity index is 184. The highest BCUT2D eigenvalue weighted by molar-refractivity contribution is 6.64. The molecule has 0 saturated heterocycles. The third-order valence-corrected chi connectivity index (χ3v) is 1.38. The van der Waals surface area contributed by atoms with Crippen molar-refractivity contribution in [2.75, 3.05) is 14.1 Å². The molecule has 0 aromatic heterocycles. The third-order valence-electron chi connectivity index (χ3n) is 0.970. The van der Waals surface area contributed by atoms with Crippen LogP contribution in [0.15, 0.2) is 22.2 Å². The predicted molar refractivity (Wildman–Crippen MR) is 50.3 cm³/mol. The molecule has 4 heteroatoms. The van der Waals surface area contributed by atoms with Gasteiger partial charge in [0.25, 0.3) is 0 Å². The third kappa shape index (κ3) is 4.56. The van der Waals surface area contributed by atoms with Gasteiger partial charge in [0, 0.05) is 20.3 Å². The Hall–Kier alpha value is -0.830. The normalized spacial score (nSPS) is 13.3. The Balaban J connectivity index is 3.96. The van der Waals surface area contributed by atoms with Gasteiger partial charge in [0.15, 0.2) is 0 Å². The second kappa shape index (κ2) is 5.92. The van der Waals surface area contributed by atoms with Crippen LogP contribution in [0.5, 0.6) is 0 Å². The maximum Gasteiger partial charge on any atom is 0.214 e. The zero-order chi connectivity index (χ0) is 8.69. The number of rotatable bonds is 2. The molecule has 0 aromatic rings. The quantitative estimate of drug-likeness (QED) is 0.270. The van der Waals surface area contributed by atoms with Gasteiger partial charge in [-0.05, 0) is 24.6 Å². The Labute approximate surface area is 72.1 Å². The van der Waals surface area contributed by atoms with Gasteiger partial charge in [-0.15, -0.1) is 0 Å². The fourth-order valence-electron chi connectivity index (χ4n) is 0.417. The van der Waals surface area contributed by atoms with Crippen molar-refractivity contribution in [1.82, 2.24) is 5.01 Å². The summed E-state index contributed by atoms with van der Waals surface area (Å²) in [7, 11) is 3.35. The first kappa shape index (κ1) is 10.2. The molecule has 0 amide bonds. The summed E-state index contributed by atoms with van der Waals surface area (Å²) < 4.78 is 0. The van der Waals surface area contributed by atoms with Gasteiger partial charge in [0.05, 0.1) is 0 Å². The molecule has 0 aromatic carbocycles. The van der Waals surface area contributed by atoms with Gasteiger partial charge < -0.3 is 0 Å². The molecule has 0 spiro atoms. The highest BCUT2D eigenvalue weighted by atomic mass is 35.5. The summed E-state index contributed by atoms with van der Waals surface area (Å²) in [6.07, 6.45) is 5.35. The monoisotopic (exact) mass is 173 g/mol. The summed E-state index contributed by atoms with van der Waals surface area (Å²) in [5.74, 6) is 0. The molecule has 0 aliphatic rings. The summed E-state index contributed by atoms with van der Waals surface area (Å²) in [6.45, 7) is 1.92. The van der Waals surface area contributed by atoms with Crippen molar-refractivity contribution in [2.45, 2.75) is 6.92 Å². The maximum atomic E-state index is 5.63. The number of allylic oxidation sites excluding steroid dienone is 2. The van der Waals surface area contributed by atoms with Crippen LogP contribution in [-0.4, -0.2) is 30.6 Å². The van der Waals surface area contributed by atoms with Crippen molar-refractivity contribution in [3.8, 4) is 0 Å². The molecular weight excluding hydrogens is 162 g/mol. The predicted octanol–water partition coefficient (Wildman–Crippen LogP) is 1.70. The van der Waals surface area contributed by atoms with E-state index in [0.29, 0.717) is 5.29 Å². The summed E-state index contributed by atoms with van der Waals surface area (Å²) in [5.41, 5.74) is 0. The lowest BCUT2D eigenvalue weighted by Gasteiger charge is -2.07. The molecule has 11 heavy (non-hydrogen) atoms. The van der Waals surface area contributed by atoms with E-state index in [1.54, 1.807) is 20.3 Å². The lowest BCUT2D eigenvalue weighted by molar-refractivity contribution is 0.557. The Morgan fingerprint density at radius 3 is 2.64 bits per heavy atom. The van der Waals surface area contributed by atoms with Crippen LogP contribution in [0.4, 0.5) is 0 Å². The number of hydrogen-bond acceptors (Lipinski definition) is 2. The molecule has 0 saturated carbocycles. The molecular formula is C7H12ClN3. The van der Waals surface area contributed by atoms with Gasteiger partial charge in [-0.2, -0.15) is 5.10 Å². The topological polar surface area (TPSA) is 28.0 Å². The van der Waals surface area contributed by atoms with E-state index in [-0.39, 0.29) is 0 Å². The van der Waals surface area contributed by atoms with E-state index in [0.717, 1.165) is 0 Å². The van der Waals surface area contributed by atoms with Gasteiger partial charge in [0.1, 0.15) is 0 Å². The Morgan fingerprint density at radius 2 is 2.18 bits per heavy atom. The fourth-order valence-corrected chi connectivity index (χ4v) is 0.461. The number of halogens is 1. The molecule has 0 N–H and O–H groups in total. The first-order chi connectivity index (χ1) is 5.22. The van der Waals surface area contributed by atoms with Gasteiger partial charge in [0.2, 0.25) is 5.29 Å². The molecule has 0 aliphatic heterocycles. The Kier molecular flexibility index (Phi) is 5.47. The van der Waals surface area contributed by atoms with Gasteiger partial charge in [-0.3, -0.25) is 4.99 Å². The van der Waals surface area contributed by atoms with Crippen LogP contribution >= 0.6 is 11.6 Å². The molecule has 0 heterocycles. The zero-order valence-corrected chi connectivity index (χ0v) is 7.71. The van der Waals surface area contributed by atoms with Gasteiger partial charge in [-0.1, -0.05) is 6.08 Å². The lowest BCUT2D eigenvalue weighted by Crippen LogP contribution is -2.15. The summed E-state index contributed by atoms with van der Waals surface area (Å²) >= 11 is 5.63. The molecule has 0 fully saturated rings. The van der Waals surface area contributed by atoms with Crippen LogP contribution in [0.1, 0.15) is 6.92 Å². The zero-order valence-electron chi connectivity index (χ0n) is 6.95. The van der Waals surface area contributed by atoms with E-state index < -0.39 is 0 Å². The van der Waals surface area contributed by atoms with E-state index in [1.165, 1.54) is 5.01 Å². The van der Waals surface area contributed by atoms with Crippen LogP contribution < -0.4 is 0 Å². The van der Waals surface area contributed by atoms with Crippen molar-refractivity contribution in [2.24, 2.45) is 10.1 Å². The first-order valence-corrected chi connectivity index (χ1v) is 3.61. The van der Waals surface area contributed by atoms with E-state index in [4.69, 9.17) is 11.6 Å². The van der Waals surface area contributed by atoms with Crippen LogP contribution in [0.2, 0.25) is 0 Å². The number of amidine groups is 1. The van der Waals surface area contributed by atoms with Crippen molar-refractivity contribution >= 4 is 23.1 Å². The van der Waals surface area contributed by atoms with E-state index in [2.05, 4.69) is 10.1 Å². The average molecular weight is 174 g/mol. The van der Waals surface area contributed by atoms with Crippen molar-refractivity contribution < 1.29 is 0 Å². The van der Waals surface area contributed by atoms with Crippen LogP contribution in [0.25, 0.3) is 0 Å². The number of hydrazone groups is 1. The highest BCUT2D eigenvalue weighted by Crippen LogP contribution is 1.92. The molecule has 0 unspecified atom stereocenters. The highest BCUT2D eigenvalue weighted by Gasteiger charge is 1.95. The summed E-state index contributed by atoms with van der Waals surface area (Å²) in [4.78, 5) is 3.74. The average Bonchev–Trinajstić information content (AvgIpc) is 2.03. The van der Waals surface area contributed by atoms with E-state index in [9.17, 15) is 0 Å². The molecule has 0 aliphatic carbocycles. The van der Waals surface area contributed by atoms with E-state index in [1.807, 2.05) is 19.1 Å². The smallest absolute Gasteiger partial charge is 0.214 e. The second-order valence-corrected chi connectivity index (χ2v) is 2.14. The standard InChI is InChI=1S/C7H12ClN3/c1-4-5-6-10-11(3)7(8)9-2/h4-6H,1-3H3/b5-4-,9-7?,10-6-. The fraction of sp³-hybridized carbons (Fsp3) is 0.429. The van der Waals surface area contributed by atoms with Crippen molar-refractivity contribution in [1.29, 1.82) is 0 Å². The minimum absolute atomic E-state index is 0.366. The molecule has 0 rings (SSSR count). The van der Waals surface area contributed by atoms with Crippen molar-refractivity contribution in [3.05, 3.63) is 12.2 Å². The SMILES string of the molecule is C/C=C\C=N/N(C)C(Cl)=NC. The van der Waals surface area contributed by atoms with Crippen LogP contribution in [0.3, 0.4) is 0 Å². The van der Waals surface area contributed by atoms with Gasteiger partial charge in [-0.25, -0.2) is 5.01 Å². The van der Waals surface area contributed by atoms with Crippen molar-refractivity contribution in [3.63, 3.8) is 0 Å². The first-order valence-electron chi connectivity index (χ1n) is 3.23. The minimum Gasteiger partial charge on any atom is -0.260 e. The number of hydrogen-bond donors (Lipinski definition) is 0. The van der Waals surface area contributed by atoms with Crippen LogP contribution in [-0.2, 0) is 0 Å².